The fourth-order valence-electron chi connectivity index (χ4n) is 5.44. The average Bonchev–Trinajstić information content (AvgIpc) is 3.42. The second-order valence-electron chi connectivity index (χ2n) is 7.97. The monoisotopic (exact) mass is 392 g/mol. The van der Waals surface area contributed by atoms with Crippen LogP contribution in [0.15, 0.2) is 49.1 Å². The van der Waals surface area contributed by atoms with Crippen molar-refractivity contribution in [2.45, 2.75) is 31.5 Å². The normalized spacial score (nSPS) is 32.1. The molecule has 0 aliphatic heterocycles. The Morgan fingerprint density at radius 1 is 0.793 bits per heavy atom. The van der Waals surface area contributed by atoms with Crippen LogP contribution in [0.3, 0.4) is 0 Å². The van der Waals surface area contributed by atoms with E-state index < -0.39 is 24.1 Å². The zero-order valence-corrected chi connectivity index (χ0v) is 15.6. The van der Waals surface area contributed by atoms with Gasteiger partial charge in [-0.3, -0.25) is 14.8 Å². The number of nitrogens with zero attached hydrogens (tertiary/aromatic N) is 2. The molecule has 0 aromatic carbocycles. The summed E-state index contributed by atoms with van der Waals surface area (Å²) < 4.78 is 11.7. The maximum Gasteiger partial charge on any atom is 0.338 e. The summed E-state index contributed by atoms with van der Waals surface area (Å²) in [6, 6.07) is 6.35. The first-order valence-corrected chi connectivity index (χ1v) is 9.88. The molecule has 7 heteroatoms. The highest BCUT2D eigenvalue weighted by Crippen LogP contribution is 2.59. The van der Waals surface area contributed by atoms with E-state index in [1.165, 1.54) is 24.8 Å². The molecule has 6 unspecified atom stereocenters. The molecule has 5 rings (SSSR count). The number of pyridine rings is 2. The van der Waals surface area contributed by atoms with Crippen LogP contribution >= 0.6 is 0 Å². The van der Waals surface area contributed by atoms with Crippen molar-refractivity contribution in [3.05, 3.63) is 60.2 Å². The molecule has 2 bridgehead atoms. The molecule has 3 aliphatic carbocycles. The lowest BCUT2D eigenvalue weighted by atomic mass is 9.78. The van der Waals surface area contributed by atoms with Gasteiger partial charge in [-0.2, -0.15) is 0 Å². The number of hydrogen-bond acceptors (Lipinski definition) is 7. The molecule has 3 fully saturated rings. The molecule has 2 aromatic heterocycles. The minimum absolute atomic E-state index is 0.0393. The second kappa shape index (κ2) is 7.06. The molecule has 2 heterocycles. The summed E-state index contributed by atoms with van der Waals surface area (Å²) in [6.45, 7) is 0. The van der Waals surface area contributed by atoms with E-state index in [0.29, 0.717) is 17.5 Å². The van der Waals surface area contributed by atoms with Gasteiger partial charge in [0, 0.05) is 49.0 Å². The highest BCUT2D eigenvalue weighted by Gasteiger charge is 2.64. The number of aromatic nitrogens is 2. The van der Waals surface area contributed by atoms with Gasteiger partial charge >= 0.3 is 11.9 Å². The van der Waals surface area contributed by atoms with Crippen LogP contribution in [0, 0.1) is 23.7 Å². The van der Waals surface area contributed by atoms with E-state index in [0.717, 1.165) is 12.8 Å². The van der Waals surface area contributed by atoms with Crippen LogP contribution in [0.25, 0.3) is 0 Å². The average molecular weight is 392 g/mol. The van der Waals surface area contributed by atoms with Crippen molar-refractivity contribution in [1.29, 1.82) is 0 Å². The van der Waals surface area contributed by atoms with Crippen LogP contribution in [-0.4, -0.2) is 39.9 Å². The van der Waals surface area contributed by atoms with Crippen LogP contribution in [0.4, 0.5) is 0 Å². The molecule has 29 heavy (non-hydrogen) atoms. The van der Waals surface area contributed by atoms with Crippen molar-refractivity contribution in [2.75, 3.05) is 0 Å². The number of rotatable bonds is 4. The molecule has 7 nitrogen and oxygen atoms in total. The van der Waals surface area contributed by atoms with Crippen LogP contribution < -0.4 is 0 Å². The first-order valence-electron chi connectivity index (χ1n) is 9.88. The van der Waals surface area contributed by atoms with Crippen molar-refractivity contribution in [3.63, 3.8) is 0 Å². The summed E-state index contributed by atoms with van der Waals surface area (Å²) in [4.78, 5) is 45.6. The predicted octanol–water partition coefficient (Wildman–Crippen LogP) is 2.47. The lowest BCUT2D eigenvalue weighted by Crippen LogP contribution is -2.46. The van der Waals surface area contributed by atoms with Crippen LogP contribution in [0.1, 0.15) is 40.0 Å². The smallest absolute Gasteiger partial charge is 0.338 e. The van der Waals surface area contributed by atoms with Gasteiger partial charge in [-0.25, -0.2) is 9.59 Å². The van der Waals surface area contributed by atoms with Gasteiger partial charge in [-0.15, -0.1) is 0 Å². The molecule has 0 spiro atoms. The number of esters is 2. The molecule has 2 aromatic rings. The lowest BCUT2D eigenvalue weighted by Gasteiger charge is -2.36. The SMILES string of the molecule is O=C(OC1C2CC(C1OC(=O)c1ccncc1)C1C(=O)CCC21)c1ccncc1. The third-order valence-corrected chi connectivity index (χ3v) is 6.60. The van der Waals surface area contributed by atoms with Crippen molar-refractivity contribution in [3.8, 4) is 0 Å². The van der Waals surface area contributed by atoms with Gasteiger partial charge in [0.2, 0.25) is 0 Å². The molecular weight excluding hydrogens is 372 g/mol. The van der Waals surface area contributed by atoms with E-state index >= 15 is 0 Å². The summed E-state index contributed by atoms with van der Waals surface area (Å²) >= 11 is 0. The fourth-order valence-corrected chi connectivity index (χ4v) is 5.44. The van der Waals surface area contributed by atoms with Crippen molar-refractivity contribution < 1.29 is 23.9 Å². The zero-order valence-electron chi connectivity index (χ0n) is 15.6. The van der Waals surface area contributed by atoms with Crippen LogP contribution in [-0.2, 0) is 14.3 Å². The van der Waals surface area contributed by atoms with Gasteiger partial charge in [-0.05, 0) is 43.0 Å². The van der Waals surface area contributed by atoms with Crippen LogP contribution in [0.2, 0.25) is 0 Å². The Morgan fingerprint density at radius 2 is 1.31 bits per heavy atom. The Labute approximate surface area is 167 Å². The standard InChI is InChI=1S/C22H20N2O5/c25-17-2-1-14-15-11-16(18(14)17)20(29-22(27)13-5-9-24-10-6-13)19(15)28-21(26)12-3-7-23-8-4-12/h3-10,14-16,18-20H,1-2,11H2. The van der Waals surface area contributed by atoms with Crippen molar-refractivity contribution >= 4 is 17.7 Å². The molecule has 0 amide bonds. The summed E-state index contributed by atoms with van der Waals surface area (Å²) in [5, 5.41) is 0. The largest absolute Gasteiger partial charge is 0.455 e. The van der Waals surface area contributed by atoms with Crippen molar-refractivity contribution in [1.82, 2.24) is 9.97 Å². The summed E-state index contributed by atoms with van der Waals surface area (Å²) in [5.74, 6) is -0.651. The second-order valence-corrected chi connectivity index (χ2v) is 7.97. The van der Waals surface area contributed by atoms with Gasteiger partial charge in [0.05, 0.1) is 11.1 Å². The van der Waals surface area contributed by atoms with Gasteiger partial charge < -0.3 is 9.47 Å². The van der Waals surface area contributed by atoms with Gasteiger partial charge in [0.15, 0.2) is 0 Å². The maximum atomic E-state index is 12.7. The maximum absolute atomic E-state index is 12.7. The predicted molar refractivity (Wildman–Crippen MR) is 99.7 cm³/mol. The Bertz CT molecular complexity index is 948. The third-order valence-electron chi connectivity index (χ3n) is 6.60. The molecule has 148 valence electrons. The topological polar surface area (TPSA) is 95.5 Å². The number of ketones is 1. The molecule has 0 N–H and O–H groups in total. The number of carbonyl (C=O) groups excluding carboxylic acids is 3. The lowest BCUT2D eigenvalue weighted by molar-refractivity contribution is -0.127. The first-order chi connectivity index (χ1) is 14.1. The number of Topliss-reactive ketones (excluding diaryl/α,β-unsaturated/α-hetero) is 1. The van der Waals surface area contributed by atoms with Crippen molar-refractivity contribution in [2.24, 2.45) is 23.7 Å². The third kappa shape index (κ3) is 3.01. The summed E-state index contributed by atoms with van der Waals surface area (Å²) in [5.41, 5.74) is 0.789. The Balaban J connectivity index is 1.41. The Kier molecular flexibility index (Phi) is 4.38. The van der Waals surface area contributed by atoms with Crippen LogP contribution in [0.5, 0.6) is 0 Å². The van der Waals surface area contributed by atoms with E-state index in [4.69, 9.17) is 9.47 Å². The molecule has 0 radical (unpaired) electrons. The van der Waals surface area contributed by atoms with E-state index in [2.05, 4.69) is 9.97 Å². The minimum Gasteiger partial charge on any atom is -0.455 e. The number of hydrogen-bond donors (Lipinski definition) is 0. The summed E-state index contributed by atoms with van der Waals surface area (Å²) in [6.07, 6.45) is 7.06. The van der Waals surface area contributed by atoms with Gasteiger partial charge in [0.25, 0.3) is 0 Å². The van der Waals surface area contributed by atoms with E-state index in [1.807, 2.05) is 0 Å². The van der Waals surface area contributed by atoms with Gasteiger partial charge in [-0.1, -0.05) is 0 Å². The fraction of sp³-hybridized carbons (Fsp3) is 0.409. The van der Waals surface area contributed by atoms with Gasteiger partial charge in [0.1, 0.15) is 18.0 Å². The van der Waals surface area contributed by atoms with E-state index in [-0.39, 0.29) is 29.5 Å². The molecule has 6 atom stereocenters. The quantitative estimate of drug-likeness (QED) is 0.738. The highest BCUT2D eigenvalue weighted by molar-refractivity contribution is 5.90. The Morgan fingerprint density at radius 3 is 1.86 bits per heavy atom. The Hall–Kier alpha value is -3.09. The molecule has 3 saturated carbocycles. The highest BCUT2D eigenvalue weighted by atomic mass is 16.6. The molecule has 3 aliphatic rings. The molecule has 0 saturated heterocycles. The minimum atomic E-state index is -0.616. The first kappa shape index (κ1) is 18.0. The number of carbonyl (C=O) groups is 3. The van der Waals surface area contributed by atoms with E-state index in [1.54, 1.807) is 24.3 Å². The zero-order chi connectivity index (χ0) is 20.0. The van der Waals surface area contributed by atoms with E-state index in [9.17, 15) is 14.4 Å². The summed E-state index contributed by atoms with van der Waals surface area (Å²) in [7, 11) is 0. The molecular formula is C22H20N2O5. The number of fused-ring (bicyclic) bond motifs is 5. The number of ether oxygens (including phenoxy) is 2.